The summed E-state index contributed by atoms with van der Waals surface area (Å²) < 4.78 is 2.25. The number of urea groups is 1. The van der Waals surface area contributed by atoms with E-state index in [9.17, 15) is 9.59 Å². The summed E-state index contributed by atoms with van der Waals surface area (Å²) >= 11 is 1.56. The third kappa shape index (κ3) is 3.80. The third-order valence-electron chi connectivity index (χ3n) is 5.91. The Balaban J connectivity index is 1.60. The molecule has 1 unspecified atom stereocenters. The van der Waals surface area contributed by atoms with Gasteiger partial charge in [-0.2, -0.15) is 0 Å². The highest BCUT2D eigenvalue weighted by Crippen LogP contribution is 2.25. The number of amides is 3. The zero-order chi connectivity index (χ0) is 21.4. The van der Waals surface area contributed by atoms with Gasteiger partial charge >= 0.3 is 12.0 Å². The zero-order valence-corrected chi connectivity index (χ0v) is 18.7. The molecular formula is C20H28N7O2S+. The van der Waals surface area contributed by atoms with Gasteiger partial charge in [0.05, 0.1) is 19.6 Å². The lowest BCUT2D eigenvalue weighted by Crippen LogP contribution is -2.63. The summed E-state index contributed by atoms with van der Waals surface area (Å²) in [7, 11) is 3.22. The number of hydrogen-bond donors (Lipinski definition) is 0. The molecule has 0 spiro atoms. The molecule has 3 amide bonds. The minimum absolute atomic E-state index is 0.228. The van der Waals surface area contributed by atoms with Crippen LogP contribution in [0.25, 0.3) is 0 Å². The predicted molar refractivity (Wildman–Crippen MR) is 115 cm³/mol. The van der Waals surface area contributed by atoms with Gasteiger partial charge in [-0.15, -0.1) is 0 Å². The molecule has 0 bridgehead atoms. The van der Waals surface area contributed by atoms with E-state index >= 15 is 0 Å². The standard InChI is InChI=1S/C20H28N7O2S/c1-13-6-9-26(10-7-13)19-23-16-15(17(28)25(4)20(29)24(16)3)27(19)11-12-30-18-21-8-5-14(2)22-18/h5,8,13,15H,6-7,9-12H2,1-4H3/q+1. The number of fused-ring (bicyclic) bond motifs is 1. The number of hydrogen-bond acceptors (Lipinski definition) is 5. The molecule has 3 aliphatic heterocycles. The first kappa shape index (κ1) is 20.8. The van der Waals surface area contributed by atoms with E-state index in [1.165, 1.54) is 16.8 Å². The fourth-order valence-electron chi connectivity index (χ4n) is 4.01. The van der Waals surface area contributed by atoms with Crippen LogP contribution in [0.3, 0.4) is 0 Å². The second kappa shape index (κ2) is 8.33. The number of likely N-dealkylation sites (N-methyl/N-ethyl adjacent to an activating group) is 2. The first-order valence-electron chi connectivity index (χ1n) is 10.3. The van der Waals surface area contributed by atoms with Crippen LogP contribution < -0.4 is 0 Å². The van der Waals surface area contributed by atoms with E-state index in [1.54, 1.807) is 25.0 Å². The quantitative estimate of drug-likeness (QED) is 0.406. The summed E-state index contributed by atoms with van der Waals surface area (Å²) in [5.74, 6) is 2.50. The number of carbonyl (C=O) groups excluding carboxylic acids is 2. The normalized spacial score (nSPS) is 24.5. The van der Waals surface area contributed by atoms with Crippen molar-refractivity contribution in [2.45, 2.75) is 37.9 Å². The van der Waals surface area contributed by atoms with Gasteiger partial charge < -0.3 is 0 Å². The van der Waals surface area contributed by atoms with Crippen molar-refractivity contribution in [1.29, 1.82) is 0 Å². The maximum atomic E-state index is 13.0. The maximum absolute atomic E-state index is 13.0. The number of aromatic nitrogens is 2. The first-order chi connectivity index (χ1) is 14.4. The van der Waals surface area contributed by atoms with Gasteiger partial charge in [0, 0.05) is 31.7 Å². The zero-order valence-electron chi connectivity index (χ0n) is 17.9. The van der Waals surface area contributed by atoms with Crippen molar-refractivity contribution in [3.63, 3.8) is 0 Å². The van der Waals surface area contributed by atoms with Gasteiger partial charge in [-0.05, 0) is 31.7 Å². The molecule has 0 aromatic carbocycles. The molecule has 10 heteroatoms. The van der Waals surface area contributed by atoms with Crippen LogP contribution in [0.5, 0.6) is 0 Å². The fraction of sp³-hybridized carbons (Fsp3) is 0.600. The molecule has 1 aromatic rings. The van der Waals surface area contributed by atoms with Crippen LogP contribution in [0.1, 0.15) is 25.5 Å². The Morgan fingerprint density at radius 2 is 1.93 bits per heavy atom. The van der Waals surface area contributed by atoms with Crippen LogP contribution in [0.2, 0.25) is 0 Å². The SMILES string of the molecule is Cc1ccnc(SCCN2C(=[N+]3CCC(C)CC3)N=C3C2C(=O)N(C)C(=O)N3C)n1. The van der Waals surface area contributed by atoms with Crippen LogP contribution in [-0.2, 0) is 4.79 Å². The van der Waals surface area contributed by atoms with Gasteiger partial charge in [0.1, 0.15) is 0 Å². The van der Waals surface area contributed by atoms with Crippen LogP contribution >= 0.6 is 11.8 Å². The Hall–Kier alpha value is -2.49. The highest BCUT2D eigenvalue weighted by molar-refractivity contribution is 7.99. The Labute approximate surface area is 180 Å². The van der Waals surface area contributed by atoms with E-state index in [0.717, 1.165) is 42.7 Å². The molecule has 0 saturated carbocycles. The number of piperidine rings is 1. The topological polar surface area (TPSA) is 85.0 Å². The number of nitrogens with zero attached hydrogens (tertiary/aromatic N) is 7. The van der Waals surface area contributed by atoms with Gasteiger partial charge in [-0.25, -0.2) is 19.7 Å². The van der Waals surface area contributed by atoms with Gasteiger partial charge in [0.15, 0.2) is 5.16 Å². The summed E-state index contributed by atoms with van der Waals surface area (Å²) in [6.45, 7) is 6.64. The van der Waals surface area contributed by atoms with Crippen molar-refractivity contribution < 1.29 is 14.2 Å². The van der Waals surface area contributed by atoms with E-state index in [-0.39, 0.29) is 11.9 Å². The molecular weight excluding hydrogens is 402 g/mol. The Bertz CT molecular complexity index is 921. The maximum Gasteiger partial charge on any atom is 0.392 e. The number of imide groups is 1. The molecule has 2 fully saturated rings. The molecule has 0 aliphatic carbocycles. The lowest BCUT2D eigenvalue weighted by Gasteiger charge is -2.33. The molecule has 160 valence electrons. The lowest BCUT2D eigenvalue weighted by atomic mass is 10.0. The summed E-state index contributed by atoms with van der Waals surface area (Å²) in [5.41, 5.74) is 0.929. The summed E-state index contributed by atoms with van der Waals surface area (Å²) in [5, 5.41) is 0.725. The number of amidine groups is 1. The molecule has 9 nitrogen and oxygen atoms in total. The number of thioether (sulfide) groups is 1. The second-order valence-electron chi connectivity index (χ2n) is 8.10. The highest BCUT2D eigenvalue weighted by Gasteiger charge is 2.55. The van der Waals surface area contributed by atoms with Crippen LogP contribution in [0.15, 0.2) is 22.4 Å². The highest BCUT2D eigenvalue weighted by atomic mass is 32.2. The van der Waals surface area contributed by atoms with Crippen molar-refractivity contribution >= 4 is 35.5 Å². The summed E-state index contributed by atoms with van der Waals surface area (Å²) in [4.78, 5) is 43.7. The molecule has 0 radical (unpaired) electrons. The van der Waals surface area contributed by atoms with Gasteiger partial charge in [0.25, 0.3) is 5.91 Å². The van der Waals surface area contributed by atoms with Crippen molar-refractivity contribution in [1.82, 2.24) is 24.7 Å². The van der Waals surface area contributed by atoms with Crippen molar-refractivity contribution in [2.24, 2.45) is 10.9 Å². The lowest BCUT2D eigenvalue weighted by molar-refractivity contribution is -0.545. The van der Waals surface area contributed by atoms with Crippen LogP contribution in [0.4, 0.5) is 4.79 Å². The Kier molecular flexibility index (Phi) is 5.77. The molecule has 4 heterocycles. The molecule has 1 aromatic heterocycles. The first-order valence-corrected chi connectivity index (χ1v) is 11.3. The van der Waals surface area contributed by atoms with E-state index in [4.69, 9.17) is 4.99 Å². The minimum Gasteiger partial charge on any atom is -0.270 e. The Morgan fingerprint density at radius 1 is 1.20 bits per heavy atom. The van der Waals surface area contributed by atoms with Gasteiger partial charge in [-0.1, -0.05) is 23.7 Å². The van der Waals surface area contributed by atoms with Gasteiger partial charge in [0.2, 0.25) is 11.9 Å². The van der Waals surface area contributed by atoms with Gasteiger partial charge in [-0.3, -0.25) is 19.2 Å². The molecule has 3 aliphatic rings. The van der Waals surface area contributed by atoms with Crippen LogP contribution in [0, 0.1) is 12.8 Å². The monoisotopic (exact) mass is 430 g/mol. The second-order valence-corrected chi connectivity index (χ2v) is 9.17. The minimum atomic E-state index is -0.564. The Morgan fingerprint density at radius 3 is 2.63 bits per heavy atom. The van der Waals surface area contributed by atoms with Crippen LogP contribution in [-0.4, -0.2) is 98.5 Å². The van der Waals surface area contributed by atoms with E-state index < -0.39 is 6.04 Å². The number of rotatable bonds is 4. The van der Waals surface area contributed by atoms with E-state index in [1.807, 2.05) is 13.0 Å². The number of guanidine groups is 1. The van der Waals surface area contributed by atoms with Crippen molar-refractivity contribution in [3.8, 4) is 0 Å². The molecule has 1 atom stereocenters. The average molecular weight is 431 g/mol. The summed E-state index contributed by atoms with van der Waals surface area (Å²) in [6.07, 6.45) is 3.96. The molecule has 2 saturated heterocycles. The molecule has 0 N–H and O–H groups in total. The summed E-state index contributed by atoms with van der Waals surface area (Å²) in [6, 6.07) is 0.967. The average Bonchev–Trinajstić information content (AvgIpc) is 3.11. The number of carbonyl (C=O) groups is 2. The third-order valence-corrected chi connectivity index (χ3v) is 6.75. The van der Waals surface area contributed by atoms with Crippen molar-refractivity contribution in [2.75, 3.05) is 39.5 Å². The fourth-order valence-corrected chi connectivity index (χ4v) is 4.82. The van der Waals surface area contributed by atoms with E-state index in [2.05, 4.69) is 26.4 Å². The smallest absolute Gasteiger partial charge is 0.270 e. The largest absolute Gasteiger partial charge is 0.392 e. The number of aliphatic imine (C=N–C) groups is 1. The molecule has 4 rings (SSSR count). The number of aryl methyl sites for hydroxylation is 1. The van der Waals surface area contributed by atoms with Crippen molar-refractivity contribution in [3.05, 3.63) is 18.0 Å². The molecule has 30 heavy (non-hydrogen) atoms. The predicted octanol–water partition coefficient (Wildman–Crippen LogP) is 1.28. The van der Waals surface area contributed by atoms with E-state index in [0.29, 0.717) is 24.1 Å².